The lowest BCUT2D eigenvalue weighted by molar-refractivity contribution is 0.355. The van der Waals surface area contributed by atoms with Gasteiger partial charge in [-0.3, -0.25) is 4.98 Å². The maximum atomic E-state index is 6.33. The van der Waals surface area contributed by atoms with Crippen LogP contribution in [0.5, 0.6) is 11.5 Å². The van der Waals surface area contributed by atoms with E-state index in [1.54, 1.807) is 38.0 Å². The molecule has 0 spiro atoms. The summed E-state index contributed by atoms with van der Waals surface area (Å²) in [5.41, 5.74) is 3.04. The molecule has 1 aromatic carbocycles. The van der Waals surface area contributed by atoms with Crippen LogP contribution in [0, 0.1) is 0 Å². The van der Waals surface area contributed by atoms with Crippen molar-refractivity contribution in [2.45, 2.75) is 13.1 Å². The first-order valence-corrected chi connectivity index (χ1v) is 9.58. The Labute approximate surface area is 166 Å². The number of rotatable bonds is 7. The van der Waals surface area contributed by atoms with Gasteiger partial charge in [0, 0.05) is 42.8 Å². The molecule has 0 radical (unpaired) electrons. The number of anilines is 1. The van der Waals surface area contributed by atoms with Crippen molar-refractivity contribution in [2.75, 3.05) is 19.1 Å². The Bertz CT molecular complexity index is 852. The van der Waals surface area contributed by atoms with E-state index in [2.05, 4.69) is 26.7 Å². The fraction of sp³-hybridized carbons (Fsp3) is 0.211. The fourth-order valence-electron chi connectivity index (χ4n) is 2.64. The van der Waals surface area contributed by atoms with E-state index in [9.17, 15) is 0 Å². The van der Waals surface area contributed by atoms with Crippen LogP contribution in [0.4, 0.5) is 5.69 Å². The second-order valence-corrected chi connectivity index (χ2v) is 7.20. The first-order valence-electron chi connectivity index (χ1n) is 7.88. The fourth-order valence-corrected chi connectivity index (χ4v) is 3.79. The van der Waals surface area contributed by atoms with Gasteiger partial charge in [-0.15, -0.1) is 0 Å². The smallest absolute Gasteiger partial charge is 0.162 e. The van der Waals surface area contributed by atoms with Gasteiger partial charge in [0.05, 0.1) is 24.3 Å². The molecule has 2 aromatic heterocycles. The van der Waals surface area contributed by atoms with Crippen LogP contribution in [0.15, 0.2) is 47.4 Å². The van der Waals surface area contributed by atoms with Gasteiger partial charge in [0.1, 0.15) is 0 Å². The number of hydrogen-bond acceptors (Lipinski definition) is 5. The van der Waals surface area contributed by atoms with Crippen molar-refractivity contribution in [3.8, 4) is 11.5 Å². The maximum Gasteiger partial charge on any atom is 0.162 e. The highest BCUT2D eigenvalue weighted by Crippen LogP contribution is 2.34. The molecule has 0 fully saturated rings. The van der Waals surface area contributed by atoms with Crippen molar-refractivity contribution in [1.82, 2.24) is 4.98 Å². The van der Waals surface area contributed by atoms with Crippen LogP contribution in [0.2, 0.25) is 10.0 Å². The third kappa shape index (κ3) is 4.23. The summed E-state index contributed by atoms with van der Waals surface area (Å²) in [5.74, 6) is 1.36. The van der Waals surface area contributed by atoms with Crippen LogP contribution in [0.1, 0.15) is 11.1 Å². The van der Waals surface area contributed by atoms with Gasteiger partial charge in [-0.25, -0.2) is 0 Å². The zero-order valence-electron chi connectivity index (χ0n) is 14.4. The van der Waals surface area contributed by atoms with Crippen molar-refractivity contribution in [3.05, 3.63) is 68.6 Å². The number of halogens is 2. The van der Waals surface area contributed by atoms with E-state index in [1.165, 1.54) is 5.56 Å². The van der Waals surface area contributed by atoms with Gasteiger partial charge < -0.3 is 14.4 Å². The Balaban J connectivity index is 1.98. The number of benzene rings is 1. The van der Waals surface area contributed by atoms with E-state index in [0.29, 0.717) is 34.6 Å². The number of pyridine rings is 1. The lowest BCUT2D eigenvalue weighted by Gasteiger charge is -2.26. The van der Waals surface area contributed by atoms with E-state index in [4.69, 9.17) is 32.7 Å². The molecule has 136 valence electrons. The summed E-state index contributed by atoms with van der Waals surface area (Å²) in [6.45, 7) is 1.26. The summed E-state index contributed by atoms with van der Waals surface area (Å²) >= 11 is 14.3. The van der Waals surface area contributed by atoms with E-state index >= 15 is 0 Å². The molecule has 3 aromatic rings. The third-order valence-corrected chi connectivity index (χ3v) is 5.37. The van der Waals surface area contributed by atoms with Crippen LogP contribution < -0.4 is 14.4 Å². The van der Waals surface area contributed by atoms with Gasteiger partial charge >= 0.3 is 0 Å². The Morgan fingerprint density at radius 2 is 1.73 bits per heavy atom. The summed E-state index contributed by atoms with van der Waals surface area (Å²) < 4.78 is 10.8. The van der Waals surface area contributed by atoms with Crippen LogP contribution in [-0.4, -0.2) is 19.2 Å². The molecule has 26 heavy (non-hydrogen) atoms. The predicted octanol–water partition coefficient (Wildman–Crippen LogP) is 5.67. The summed E-state index contributed by atoms with van der Waals surface area (Å²) in [6.07, 6.45) is 3.22. The molecule has 0 aliphatic carbocycles. The summed E-state index contributed by atoms with van der Waals surface area (Å²) in [6, 6.07) is 7.95. The summed E-state index contributed by atoms with van der Waals surface area (Å²) in [5, 5.41) is 5.29. The van der Waals surface area contributed by atoms with E-state index < -0.39 is 0 Å². The van der Waals surface area contributed by atoms with E-state index in [-0.39, 0.29) is 0 Å². The summed E-state index contributed by atoms with van der Waals surface area (Å²) in [4.78, 5) is 6.22. The Kier molecular flexibility index (Phi) is 6.25. The highest BCUT2D eigenvalue weighted by atomic mass is 35.5. The lowest BCUT2D eigenvalue weighted by atomic mass is 10.2. The minimum atomic E-state index is 0.547. The number of hydrogen-bond donors (Lipinski definition) is 0. The van der Waals surface area contributed by atoms with Crippen molar-refractivity contribution < 1.29 is 9.47 Å². The molecule has 0 unspecified atom stereocenters. The molecule has 0 aliphatic rings. The zero-order valence-corrected chi connectivity index (χ0v) is 16.7. The largest absolute Gasteiger partial charge is 0.493 e. The summed E-state index contributed by atoms with van der Waals surface area (Å²) in [7, 11) is 3.25. The van der Waals surface area contributed by atoms with Crippen molar-refractivity contribution >= 4 is 40.2 Å². The molecule has 0 amide bonds. The number of ether oxygens (including phenoxy) is 2. The van der Waals surface area contributed by atoms with Crippen LogP contribution >= 0.6 is 34.5 Å². The second kappa shape index (κ2) is 8.62. The molecule has 0 atom stereocenters. The molecule has 0 saturated heterocycles. The van der Waals surface area contributed by atoms with Crippen molar-refractivity contribution in [2.24, 2.45) is 0 Å². The van der Waals surface area contributed by atoms with Gasteiger partial charge in [0.15, 0.2) is 11.5 Å². The molecule has 7 heteroatoms. The van der Waals surface area contributed by atoms with Crippen LogP contribution in [0.25, 0.3) is 0 Å². The molecule has 3 rings (SSSR count). The number of aromatic nitrogens is 1. The Morgan fingerprint density at radius 1 is 1.00 bits per heavy atom. The normalized spacial score (nSPS) is 10.6. The van der Waals surface area contributed by atoms with Crippen molar-refractivity contribution in [1.29, 1.82) is 0 Å². The van der Waals surface area contributed by atoms with Crippen LogP contribution in [-0.2, 0) is 13.1 Å². The number of nitrogens with zero attached hydrogens (tertiary/aromatic N) is 2. The monoisotopic (exact) mass is 408 g/mol. The SMILES string of the molecule is COc1ccc(N(Cc2ccsc2)Cc2c(Cl)cncc2Cl)cc1OC. The van der Waals surface area contributed by atoms with Gasteiger partial charge in [0.25, 0.3) is 0 Å². The molecule has 4 nitrogen and oxygen atoms in total. The number of thiophene rings is 1. The Hall–Kier alpha value is -1.95. The first kappa shape index (κ1) is 18.8. The van der Waals surface area contributed by atoms with Crippen LogP contribution in [0.3, 0.4) is 0 Å². The van der Waals surface area contributed by atoms with Gasteiger partial charge in [0.2, 0.25) is 0 Å². The third-order valence-electron chi connectivity index (χ3n) is 3.99. The van der Waals surface area contributed by atoms with Gasteiger partial charge in [-0.1, -0.05) is 23.2 Å². The van der Waals surface area contributed by atoms with Crippen molar-refractivity contribution in [3.63, 3.8) is 0 Å². The maximum absolute atomic E-state index is 6.33. The molecular formula is C19H18Cl2N2O2S. The molecular weight excluding hydrogens is 391 g/mol. The standard InChI is InChI=1S/C19H18Cl2N2O2S/c1-24-18-4-3-14(7-19(18)25-2)23(10-13-5-6-26-12-13)11-15-16(20)8-22-9-17(15)21/h3-9,12H,10-11H2,1-2H3. The second-order valence-electron chi connectivity index (χ2n) is 5.61. The Morgan fingerprint density at radius 3 is 2.35 bits per heavy atom. The molecule has 0 aliphatic heterocycles. The highest BCUT2D eigenvalue weighted by Gasteiger charge is 2.16. The molecule has 0 N–H and O–H groups in total. The quantitative estimate of drug-likeness (QED) is 0.503. The minimum Gasteiger partial charge on any atom is -0.493 e. The first-order chi connectivity index (χ1) is 12.6. The lowest BCUT2D eigenvalue weighted by Crippen LogP contribution is -2.22. The highest BCUT2D eigenvalue weighted by molar-refractivity contribution is 7.07. The average Bonchev–Trinajstić information content (AvgIpc) is 3.16. The number of methoxy groups -OCH3 is 2. The zero-order chi connectivity index (χ0) is 18.5. The van der Waals surface area contributed by atoms with E-state index in [1.807, 2.05) is 18.2 Å². The molecule has 0 saturated carbocycles. The molecule has 0 bridgehead atoms. The van der Waals surface area contributed by atoms with E-state index in [0.717, 1.165) is 11.3 Å². The minimum absolute atomic E-state index is 0.547. The molecule has 2 heterocycles. The predicted molar refractivity (Wildman–Crippen MR) is 108 cm³/mol. The average molecular weight is 409 g/mol. The van der Waals surface area contributed by atoms with Gasteiger partial charge in [-0.2, -0.15) is 11.3 Å². The topological polar surface area (TPSA) is 34.6 Å². The van der Waals surface area contributed by atoms with Gasteiger partial charge in [-0.05, 0) is 34.5 Å².